The van der Waals surface area contributed by atoms with Gasteiger partial charge in [0.15, 0.2) is 0 Å². The van der Waals surface area contributed by atoms with Crippen LogP contribution in [0.4, 0.5) is 0 Å². The highest BCUT2D eigenvalue weighted by Gasteiger charge is 2.17. The molecule has 0 fully saturated rings. The van der Waals surface area contributed by atoms with Crippen molar-refractivity contribution < 1.29 is 9.37 Å². The maximum atomic E-state index is 12.8. The molecule has 164 valence electrons. The normalized spacial score (nSPS) is 11.5. The third kappa shape index (κ3) is 7.81. The number of thioether (sulfide) groups is 1. The summed E-state index contributed by atoms with van der Waals surface area (Å²) in [6.45, 7) is 5.74. The van der Waals surface area contributed by atoms with Crippen molar-refractivity contribution in [3.05, 3.63) is 119 Å². The summed E-state index contributed by atoms with van der Waals surface area (Å²) >= 11 is 5.14. The van der Waals surface area contributed by atoms with E-state index in [1.807, 2.05) is 42.5 Å². The Hall–Kier alpha value is -2.63. The van der Waals surface area contributed by atoms with Crippen molar-refractivity contribution in [1.29, 1.82) is 0 Å². The second kappa shape index (κ2) is 13.0. The number of hydrogen-bond donors (Lipinski definition) is 1. The van der Waals surface area contributed by atoms with Crippen molar-refractivity contribution in [3.63, 3.8) is 0 Å². The van der Waals surface area contributed by atoms with Gasteiger partial charge in [-0.1, -0.05) is 101 Å². The highest BCUT2D eigenvalue weighted by molar-refractivity contribution is 9.10. The molecule has 3 aromatic rings. The molecule has 0 aliphatic carbocycles. The molecule has 0 aliphatic rings. The molecule has 3 rings (SSSR count). The van der Waals surface area contributed by atoms with Crippen molar-refractivity contribution in [2.45, 2.75) is 12.2 Å². The van der Waals surface area contributed by atoms with Crippen LogP contribution < -0.4 is 5.32 Å². The topological polar surface area (TPSA) is 32.1 Å². The maximum Gasteiger partial charge on any atom is 0.307 e. The lowest BCUT2D eigenvalue weighted by Crippen LogP contribution is -2.36. The fourth-order valence-corrected chi connectivity index (χ4v) is 4.50. The zero-order valence-electron chi connectivity index (χ0n) is 18.0. The van der Waals surface area contributed by atoms with Crippen LogP contribution in [0.1, 0.15) is 21.5 Å². The lowest BCUT2D eigenvalue weighted by molar-refractivity contribution is -0.516. The van der Waals surface area contributed by atoms with Crippen LogP contribution in [-0.4, -0.2) is 35.2 Å². The first kappa shape index (κ1) is 24.0. The minimum atomic E-state index is 0.0666. The summed E-state index contributed by atoms with van der Waals surface area (Å²) in [5.74, 6) is 0.895. The van der Waals surface area contributed by atoms with Gasteiger partial charge < -0.3 is 0 Å². The van der Waals surface area contributed by atoms with Crippen LogP contribution in [0.3, 0.4) is 0 Å². The largest absolute Gasteiger partial charge is 0.307 e. The number of benzene rings is 3. The van der Waals surface area contributed by atoms with E-state index in [0.717, 1.165) is 28.4 Å². The van der Waals surface area contributed by atoms with E-state index >= 15 is 0 Å². The van der Waals surface area contributed by atoms with E-state index < -0.39 is 0 Å². The molecule has 0 heterocycles. The van der Waals surface area contributed by atoms with Crippen molar-refractivity contribution >= 4 is 38.6 Å². The first-order chi connectivity index (χ1) is 15.7. The molecule has 0 unspecified atom stereocenters. The highest BCUT2D eigenvalue weighted by atomic mass is 79.9. The molecule has 0 saturated heterocycles. The second-order valence-electron chi connectivity index (χ2n) is 7.33. The highest BCUT2D eigenvalue weighted by Crippen LogP contribution is 2.14. The summed E-state index contributed by atoms with van der Waals surface area (Å²) in [7, 11) is 0. The maximum absolute atomic E-state index is 12.8. The van der Waals surface area contributed by atoms with Crippen molar-refractivity contribution in [2.75, 3.05) is 19.6 Å². The minimum Gasteiger partial charge on any atom is -0.290 e. The molecule has 0 atom stereocenters. The fourth-order valence-electron chi connectivity index (χ4n) is 3.21. The van der Waals surface area contributed by atoms with Gasteiger partial charge in [-0.05, 0) is 35.0 Å². The summed E-state index contributed by atoms with van der Waals surface area (Å²) in [6, 6.07) is 28.3. The summed E-state index contributed by atoms with van der Waals surface area (Å²) in [5, 5.41) is 4.42. The Balaban J connectivity index is 1.76. The molecule has 3 aromatic carbocycles. The summed E-state index contributed by atoms with van der Waals surface area (Å²) in [5.41, 5.74) is 3.24. The zero-order valence-corrected chi connectivity index (χ0v) is 20.4. The van der Waals surface area contributed by atoms with E-state index in [0.29, 0.717) is 12.1 Å². The number of hydrogen-bond acceptors (Lipinski definition) is 2. The van der Waals surface area contributed by atoms with Crippen molar-refractivity contribution in [1.82, 2.24) is 5.32 Å². The number of rotatable bonds is 10. The number of Topliss-reactive ketones (excluding diaryl/α,β-unsaturated/α-hetero) is 1. The van der Waals surface area contributed by atoms with Crippen LogP contribution in [0.5, 0.6) is 0 Å². The molecule has 0 aliphatic heterocycles. The Kier molecular flexibility index (Phi) is 9.79. The van der Waals surface area contributed by atoms with Gasteiger partial charge in [-0.2, -0.15) is 0 Å². The number of nitrogens with one attached hydrogen (secondary N) is 1. The monoisotopic (exact) mass is 507 g/mol. The Morgan fingerprint density at radius 2 is 1.56 bits per heavy atom. The average Bonchev–Trinajstić information content (AvgIpc) is 2.83. The molecule has 0 amide bonds. The first-order valence-electron chi connectivity index (χ1n) is 10.6. The van der Waals surface area contributed by atoms with Crippen LogP contribution in [0.15, 0.2) is 102 Å². The van der Waals surface area contributed by atoms with Gasteiger partial charge in [-0.25, -0.2) is 0 Å². The van der Waals surface area contributed by atoms with Gasteiger partial charge in [0.1, 0.15) is 13.1 Å². The van der Waals surface area contributed by atoms with Gasteiger partial charge in [-0.15, -0.1) is 0 Å². The van der Waals surface area contributed by atoms with Gasteiger partial charge in [0.25, 0.3) is 0 Å². The summed E-state index contributed by atoms with van der Waals surface area (Å²) in [6.07, 6.45) is 2.83. The predicted molar refractivity (Wildman–Crippen MR) is 140 cm³/mol. The Morgan fingerprint density at radius 1 is 0.938 bits per heavy atom. The molecule has 0 saturated carbocycles. The lowest BCUT2D eigenvalue weighted by atomic mass is 10.1. The average molecular weight is 509 g/mol. The number of ketones is 1. The zero-order chi connectivity index (χ0) is 22.6. The van der Waals surface area contributed by atoms with Crippen LogP contribution >= 0.6 is 27.7 Å². The van der Waals surface area contributed by atoms with E-state index in [1.54, 1.807) is 11.8 Å². The molecule has 32 heavy (non-hydrogen) atoms. The molecule has 3 nitrogen and oxygen atoms in total. The van der Waals surface area contributed by atoms with Crippen molar-refractivity contribution in [3.8, 4) is 0 Å². The molecule has 5 heteroatoms. The number of carbonyl (C=O) groups excluding carboxylic acids is 1. The molecule has 0 spiro atoms. The van der Waals surface area contributed by atoms with Gasteiger partial charge in [-0.3, -0.25) is 14.7 Å². The van der Waals surface area contributed by atoms with Crippen molar-refractivity contribution in [2.24, 2.45) is 0 Å². The number of halogens is 1. The number of carbonyl (C=O) groups is 1. The first-order valence-corrected chi connectivity index (χ1v) is 12.4. The van der Waals surface area contributed by atoms with E-state index in [-0.39, 0.29) is 12.3 Å². The third-order valence-electron chi connectivity index (χ3n) is 4.93. The SMILES string of the molecule is C=CC[N+](CCc1ccccc1)=C(NCC(=O)c1ccc(Br)cc1)SCc1ccccc1. The Labute approximate surface area is 203 Å². The molecular formula is C27H28BrN2OS+. The van der Waals surface area contributed by atoms with Crippen LogP contribution in [0.25, 0.3) is 0 Å². The van der Waals surface area contributed by atoms with E-state index in [2.05, 4.69) is 80.9 Å². The van der Waals surface area contributed by atoms with Crippen LogP contribution in [0, 0.1) is 0 Å². The Morgan fingerprint density at radius 3 is 2.19 bits per heavy atom. The molecular weight excluding hydrogens is 480 g/mol. The molecule has 0 bridgehead atoms. The predicted octanol–water partition coefficient (Wildman–Crippen LogP) is 5.95. The fraction of sp³-hybridized carbons (Fsp3) is 0.185. The minimum absolute atomic E-state index is 0.0666. The molecule has 1 N–H and O–H groups in total. The third-order valence-corrected chi connectivity index (χ3v) is 6.62. The number of nitrogens with zero attached hydrogens (tertiary/aromatic N) is 1. The van der Waals surface area contributed by atoms with E-state index in [1.165, 1.54) is 11.1 Å². The van der Waals surface area contributed by atoms with Gasteiger partial charge in [0, 0.05) is 22.2 Å². The lowest BCUT2D eigenvalue weighted by Gasteiger charge is -2.12. The Bertz CT molecular complexity index is 1030. The number of amidine groups is 1. The van der Waals surface area contributed by atoms with E-state index in [9.17, 15) is 4.79 Å². The van der Waals surface area contributed by atoms with Gasteiger partial charge in [0.2, 0.25) is 5.78 Å². The summed E-state index contributed by atoms with van der Waals surface area (Å²) < 4.78 is 3.23. The van der Waals surface area contributed by atoms with Crippen LogP contribution in [-0.2, 0) is 12.2 Å². The molecule has 0 radical (unpaired) electrons. The smallest absolute Gasteiger partial charge is 0.290 e. The van der Waals surface area contributed by atoms with Gasteiger partial charge in [0.05, 0.1) is 6.54 Å². The standard InChI is InChI=1S/C27H27BrN2OS/c1-2-18-30(19-17-22-9-5-3-6-10-22)27(32-21-23-11-7-4-8-12-23)29-20-26(31)24-13-15-25(28)16-14-24/h2-16H,1,17-21H2/p+1. The van der Waals surface area contributed by atoms with E-state index in [4.69, 9.17) is 0 Å². The second-order valence-corrected chi connectivity index (χ2v) is 9.21. The van der Waals surface area contributed by atoms with Gasteiger partial charge >= 0.3 is 5.17 Å². The quantitative estimate of drug-likeness (QED) is 0.121. The molecule has 0 aromatic heterocycles. The van der Waals surface area contributed by atoms with Crippen LogP contribution in [0.2, 0.25) is 0 Å². The summed E-state index contributed by atoms with van der Waals surface area (Å²) in [4.78, 5) is 12.8.